The van der Waals surface area contributed by atoms with Gasteiger partial charge in [-0.2, -0.15) is 0 Å². The number of aliphatic imine (C=N–C) groups is 1. The molecular weight excluding hydrogens is 708 g/mol. The number of amides is 7. The van der Waals surface area contributed by atoms with Gasteiger partial charge in [-0.05, 0) is 33.1 Å². The van der Waals surface area contributed by atoms with Crippen LogP contribution in [-0.2, 0) is 43.2 Å². The Hall–Kier alpha value is -5.58. The first-order valence-corrected chi connectivity index (χ1v) is 16.4. The third-order valence-electron chi connectivity index (χ3n) is 7.82. The lowest BCUT2D eigenvalue weighted by atomic mass is 9.98. The van der Waals surface area contributed by atoms with Crippen LogP contribution in [0.3, 0.4) is 0 Å². The largest absolute Gasteiger partial charge is 0.480 e. The molecule has 0 aliphatic heterocycles. The maximum Gasteiger partial charge on any atom is 0.327 e. The zero-order valence-corrected chi connectivity index (χ0v) is 30.1. The highest BCUT2D eigenvalue weighted by atomic mass is 16.4. The fraction of sp³-hybridized carbons (Fsp3) is 0.667. The molecule has 0 rings (SSSR count). The van der Waals surface area contributed by atoms with Crippen molar-refractivity contribution in [2.24, 2.45) is 28.3 Å². The summed E-state index contributed by atoms with van der Waals surface area (Å²) < 4.78 is 0. The number of carbonyl (C=O) groups excluding carboxylic acids is 7. The lowest BCUT2D eigenvalue weighted by Gasteiger charge is -2.28. The Labute approximate surface area is 304 Å². The van der Waals surface area contributed by atoms with Crippen molar-refractivity contribution in [2.45, 2.75) is 89.6 Å². The first-order chi connectivity index (χ1) is 24.7. The third kappa shape index (κ3) is 17.5. The number of nitrogens with one attached hydrogen (secondary N) is 7. The van der Waals surface area contributed by atoms with Crippen LogP contribution in [0.1, 0.15) is 53.4 Å². The van der Waals surface area contributed by atoms with E-state index >= 15 is 0 Å². The quantitative estimate of drug-likeness (QED) is 0.0247. The first kappa shape index (κ1) is 47.4. The molecule has 0 saturated carbocycles. The maximum atomic E-state index is 13.4. The molecule has 23 nitrogen and oxygen atoms in total. The van der Waals surface area contributed by atoms with E-state index in [2.05, 4.69) is 42.2 Å². The minimum absolute atomic E-state index is 0.00607. The van der Waals surface area contributed by atoms with Gasteiger partial charge in [0.1, 0.15) is 36.8 Å². The number of aliphatic carboxylic acids is 2. The zero-order valence-electron chi connectivity index (χ0n) is 30.1. The van der Waals surface area contributed by atoms with Crippen molar-refractivity contribution in [2.75, 3.05) is 26.8 Å². The van der Waals surface area contributed by atoms with Crippen molar-refractivity contribution >= 4 is 59.2 Å². The SMILES string of the molecule is CNC(=O)CC[C@@H](NC(=O)[C@@H](C)[C@H](CO)NC(=O)[C@H](CCCN=C(N)N)NC(=O)[C@@H](C)[C@@H](NC(=O)[C@H](C)NC(=O)[C@@H](C)NC(=O)CO)C(=O)O)C(=O)O. The molecule has 0 bridgehead atoms. The highest BCUT2D eigenvalue weighted by molar-refractivity contribution is 5.96. The molecule has 0 aromatic rings. The van der Waals surface area contributed by atoms with Crippen molar-refractivity contribution < 1.29 is 63.6 Å². The van der Waals surface area contributed by atoms with Gasteiger partial charge in [-0.25, -0.2) is 9.59 Å². The lowest BCUT2D eigenvalue weighted by molar-refractivity contribution is -0.146. The molecule has 53 heavy (non-hydrogen) atoms. The van der Waals surface area contributed by atoms with E-state index in [1.54, 1.807) is 0 Å². The molecule has 0 aliphatic rings. The molecule has 0 heterocycles. The van der Waals surface area contributed by atoms with Crippen LogP contribution >= 0.6 is 0 Å². The Kier molecular flexibility index (Phi) is 21.3. The van der Waals surface area contributed by atoms with E-state index in [1.807, 2.05) is 0 Å². The van der Waals surface area contributed by atoms with E-state index in [0.29, 0.717) is 0 Å². The molecule has 0 aliphatic carbocycles. The molecule has 15 N–H and O–H groups in total. The average Bonchev–Trinajstić information content (AvgIpc) is 3.10. The molecule has 0 spiro atoms. The monoisotopic (exact) mass is 760 g/mol. The number of hydrogen-bond donors (Lipinski definition) is 13. The Balaban J connectivity index is 5.90. The second-order valence-corrected chi connectivity index (χ2v) is 12.0. The van der Waals surface area contributed by atoms with E-state index in [-0.39, 0.29) is 38.2 Å². The topological polar surface area (TPSA) is 383 Å². The fourth-order valence-electron chi connectivity index (χ4n) is 4.42. The molecule has 0 radical (unpaired) electrons. The van der Waals surface area contributed by atoms with Crippen LogP contribution in [0.4, 0.5) is 0 Å². The number of carboxylic acid groups (broad SMARTS) is 2. The van der Waals surface area contributed by atoms with Gasteiger partial charge >= 0.3 is 11.9 Å². The summed E-state index contributed by atoms with van der Waals surface area (Å²) in [5.41, 5.74) is 10.7. The molecule has 0 saturated heterocycles. The van der Waals surface area contributed by atoms with Gasteiger partial charge in [-0.3, -0.25) is 38.6 Å². The van der Waals surface area contributed by atoms with Crippen molar-refractivity contribution in [3.63, 3.8) is 0 Å². The van der Waals surface area contributed by atoms with Gasteiger partial charge in [0.2, 0.25) is 41.4 Å². The molecule has 0 aromatic heterocycles. The van der Waals surface area contributed by atoms with E-state index in [9.17, 15) is 58.5 Å². The lowest BCUT2D eigenvalue weighted by Crippen LogP contribution is -2.58. The number of nitrogens with two attached hydrogens (primary N) is 2. The second-order valence-electron chi connectivity index (χ2n) is 12.0. The summed E-state index contributed by atoms with van der Waals surface area (Å²) in [7, 11) is 1.35. The summed E-state index contributed by atoms with van der Waals surface area (Å²) in [5.74, 6) is -12.1. The molecular formula is C30H52N10O13. The first-order valence-electron chi connectivity index (χ1n) is 16.4. The normalized spacial score (nSPS) is 15.2. The second kappa shape index (κ2) is 23.8. The van der Waals surface area contributed by atoms with Gasteiger partial charge in [0.05, 0.1) is 24.5 Å². The van der Waals surface area contributed by atoms with Gasteiger partial charge < -0.3 is 69.1 Å². The van der Waals surface area contributed by atoms with E-state index in [0.717, 1.165) is 6.92 Å². The van der Waals surface area contributed by atoms with Crippen molar-refractivity contribution in [3.05, 3.63) is 0 Å². The minimum Gasteiger partial charge on any atom is -0.480 e. The van der Waals surface area contributed by atoms with Gasteiger partial charge in [-0.1, -0.05) is 13.8 Å². The van der Waals surface area contributed by atoms with Gasteiger partial charge in [0.25, 0.3) is 0 Å². The number of aliphatic hydroxyl groups excluding tert-OH is 2. The van der Waals surface area contributed by atoms with Crippen LogP contribution in [0.5, 0.6) is 0 Å². The van der Waals surface area contributed by atoms with E-state index < -0.39 is 115 Å². The van der Waals surface area contributed by atoms with Gasteiger partial charge in [0.15, 0.2) is 5.96 Å². The average molecular weight is 761 g/mol. The number of guanidine groups is 1. The highest BCUT2D eigenvalue weighted by Crippen LogP contribution is 2.11. The summed E-state index contributed by atoms with van der Waals surface area (Å²) in [6, 6.07) is -8.60. The van der Waals surface area contributed by atoms with E-state index in [4.69, 9.17) is 16.6 Å². The summed E-state index contributed by atoms with van der Waals surface area (Å²) >= 11 is 0. The molecule has 7 amide bonds. The van der Waals surface area contributed by atoms with Crippen LogP contribution < -0.4 is 48.7 Å². The molecule has 0 unspecified atom stereocenters. The summed E-state index contributed by atoms with van der Waals surface area (Å²) in [6.45, 7) is 3.22. The van der Waals surface area contributed by atoms with Crippen LogP contribution in [0.15, 0.2) is 4.99 Å². The van der Waals surface area contributed by atoms with Gasteiger partial charge in [-0.15, -0.1) is 0 Å². The smallest absolute Gasteiger partial charge is 0.327 e. The fourth-order valence-corrected chi connectivity index (χ4v) is 4.42. The minimum atomic E-state index is -1.88. The standard InChI is InChI=1S/C30H52N10O13/c1-13(23(45)38-18(28(50)51)8-9-20(43)33-5)19(11-41)39-27(49)17(7-6-10-34-30(31)32)37-24(46)14(2)22(29(52)53)40-26(48)16(4)36-25(47)15(3)35-21(44)12-42/h13-19,22,41-42H,6-12H2,1-5H3,(H,33,43)(H,35,44)(H,36,47)(H,37,46)(H,38,45)(H,39,49)(H,40,48)(H,50,51)(H,52,53)(H4,31,32,34)/t13-,14-,15+,16-,17-,18+,19-,22+/m0/s1. The number of nitrogens with zero attached hydrogens (tertiary/aromatic N) is 1. The summed E-state index contributed by atoms with van der Waals surface area (Å²) in [5, 5.41) is 54.1. The Morgan fingerprint density at radius 3 is 1.68 bits per heavy atom. The Morgan fingerprint density at radius 2 is 1.17 bits per heavy atom. The third-order valence-corrected chi connectivity index (χ3v) is 7.82. The Bertz CT molecular complexity index is 1360. The molecule has 23 heteroatoms. The predicted molar refractivity (Wildman–Crippen MR) is 184 cm³/mol. The Morgan fingerprint density at radius 1 is 0.623 bits per heavy atom. The number of rotatable bonds is 24. The predicted octanol–water partition coefficient (Wildman–Crippen LogP) is -6.06. The summed E-state index contributed by atoms with van der Waals surface area (Å²) in [6.07, 6.45) is -0.500. The van der Waals surface area contributed by atoms with Crippen LogP contribution in [0.2, 0.25) is 0 Å². The highest BCUT2D eigenvalue weighted by Gasteiger charge is 2.36. The molecule has 0 aromatic carbocycles. The number of carbonyl (C=O) groups is 9. The molecule has 8 atom stereocenters. The molecule has 300 valence electrons. The number of carboxylic acids is 2. The number of hydrogen-bond acceptors (Lipinski definition) is 12. The maximum absolute atomic E-state index is 13.4. The summed E-state index contributed by atoms with van der Waals surface area (Å²) in [4.78, 5) is 115. The molecule has 0 fully saturated rings. The van der Waals surface area contributed by atoms with E-state index in [1.165, 1.54) is 27.8 Å². The van der Waals surface area contributed by atoms with Crippen LogP contribution in [0.25, 0.3) is 0 Å². The van der Waals surface area contributed by atoms with Crippen LogP contribution in [0, 0.1) is 11.8 Å². The van der Waals surface area contributed by atoms with Crippen LogP contribution in [-0.4, -0.2) is 143 Å². The van der Waals surface area contributed by atoms with Crippen molar-refractivity contribution in [1.29, 1.82) is 0 Å². The zero-order chi connectivity index (χ0) is 41.0. The van der Waals surface area contributed by atoms with Crippen molar-refractivity contribution in [1.82, 2.24) is 37.2 Å². The van der Waals surface area contributed by atoms with Gasteiger partial charge in [0, 0.05) is 20.0 Å². The number of aliphatic hydroxyl groups is 2. The van der Waals surface area contributed by atoms with Crippen molar-refractivity contribution in [3.8, 4) is 0 Å².